The van der Waals surface area contributed by atoms with E-state index in [2.05, 4.69) is 20.6 Å². The van der Waals surface area contributed by atoms with Crippen LogP contribution in [-0.2, 0) is 16.2 Å². The van der Waals surface area contributed by atoms with Crippen LogP contribution >= 0.6 is 0 Å². The summed E-state index contributed by atoms with van der Waals surface area (Å²) in [5, 5.41) is 14.5. The number of amides is 2. The lowest BCUT2D eigenvalue weighted by Gasteiger charge is -2.14. The van der Waals surface area contributed by atoms with Crippen LogP contribution in [0.2, 0.25) is 0 Å². The molecule has 172 valence electrons. The lowest BCUT2D eigenvalue weighted by Crippen LogP contribution is -2.41. The van der Waals surface area contributed by atoms with Gasteiger partial charge in [0.1, 0.15) is 18.4 Å². The topological polar surface area (TPSA) is 176 Å². The maximum Gasteiger partial charge on any atom is 0.326 e. The Kier molecular flexibility index (Phi) is 7.24. The van der Waals surface area contributed by atoms with E-state index in [0.29, 0.717) is 16.7 Å². The third-order valence-electron chi connectivity index (χ3n) is 4.85. The van der Waals surface area contributed by atoms with Crippen LogP contribution in [0, 0.1) is 0 Å². The van der Waals surface area contributed by atoms with Gasteiger partial charge in [-0.3, -0.25) is 19.4 Å². The summed E-state index contributed by atoms with van der Waals surface area (Å²) in [6.45, 7) is 0.173. The van der Waals surface area contributed by atoms with Gasteiger partial charge in [0.25, 0.3) is 11.5 Å². The van der Waals surface area contributed by atoms with E-state index in [1.165, 1.54) is 19.2 Å². The minimum atomic E-state index is -1.22. The molecule has 0 bridgehead atoms. The standard InChI is InChI=1S/C22H23N5O6/c1-24-18(28)9-8-17(21(31)32)25-19(29)13-3-5-14(6-4-13)33-11-12-2-7-16-15(10-12)20(30)27-22(23)26-16/h2-7,10,17H,8-9,11H2,1H3,(H,24,28)(H,25,29)(H,31,32)(H3,23,26,27,30)/t17-/m0/s1. The molecule has 1 aromatic heterocycles. The van der Waals surface area contributed by atoms with Gasteiger partial charge in [-0.2, -0.15) is 0 Å². The summed E-state index contributed by atoms with van der Waals surface area (Å²) in [6.07, 6.45) is -0.0523. The van der Waals surface area contributed by atoms with E-state index in [-0.39, 0.29) is 42.4 Å². The number of nitrogen functional groups attached to an aromatic ring is 1. The highest BCUT2D eigenvalue weighted by molar-refractivity contribution is 5.96. The SMILES string of the molecule is CNC(=O)CC[C@H](NC(=O)c1ccc(OCc2ccc3nc(N)[nH]c(=O)c3c2)cc1)C(=O)O. The number of nitrogens with two attached hydrogens (primary N) is 1. The molecular formula is C22H23N5O6. The van der Waals surface area contributed by atoms with E-state index in [9.17, 15) is 24.3 Å². The van der Waals surface area contributed by atoms with Gasteiger partial charge in [0.2, 0.25) is 11.9 Å². The zero-order valence-corrected chi connectivity index (χ0v) is 17.8. The predicted octanol–water partition coefficient (Wildman–Crippen LogP) is 0.793. The summed E-state index contributed by atoms with van der Waals surface area (Å²) >= 11 is 0. The minimum absolute atomic E-state index is 0.0232. The number of carbonyl (C=O) groups is 3. The molecule has 1 heterocycles. The Morgan fingerprint density at radius 2 is 1.91 bits per heavy atom. The van der Waals surface area contributed by atoms with Crippen molar-refractivity contribution in [3.8, 4) is 5.75 Å². The number of nitrogens with one attached hydrogen (secondary N) is 3. The number of hydrogen-bond acceptors (Lipinski definition) is 7. The predicted molar refractivity (Wildman–Crippen MR) is 120 cm³/mol. The first kappa shape index (κ1) is 23.3. The van der Waals surface area contributed by atoms with Crippen LogP contribution < -0.4 is 26.7 Å². The van der Waals surface area contributed by atoms with Crippen LogP contribution in [-0.4, -0.2) is 45.9 Å². The van der Waals surface area contributed by atoms with Gasteiger partial charge in [0.05, 0.1) is 10.9 Å². The van der Waals surface area contributed by atoms with Crippen molar-refractivity contribution in [2.24, 2.45) is 0 Å². The molecule has 0 spiro atoms. The number of H-pyrrole nitrogens is 1. The van der Waals surface area contributed by atoms with Crippen molar-refractivity contribution in [1.29, 1.82) is 0 Å². The summed E-state index contributed by atoms with van der Waals surface area (Å²) in [6, 6.07) is 10.1. The van der Waals surface area contributed by atoms with Gasteiger partial charge in [-0.05, 0) is 48.4 Å². The van der Waals surface area contributed by atoms with Crippen molar-refractivity contribution < 1.29 is 24.2 Å². The van der Waals surface area contributed by atoms with Gasteiger partial charge in [0, 0.05) is 19.0 Å². The zero-order chi connectivity index (χ0) is 24.0. The number of aromatic nitrogens is 2. The van der Waals surface area contributed by atoms with Crippen LogP contribution in [0.3, 0.4) is 0 Å². The quantitative estimate of drug-likeness (QED) is 0.316. The van der Waals surface area contributed by atoms with Gasteiger partial charge in [-0.25, -0.2) is 9.78 Å². The number of aromatic amines is 1. The molecule has 0 aliphatic heterocycles. The van der Waals surface area contributed by atoms with E-state index < -0.39 is 17.9 Å². The molecule has 0 saturated carbocycles. The Labute approximate surface area is 188 Å². The lowest BCUT2D eigenvalue weighted by atomic mass is 10.1. The summed E-state index contributed by atoms with van der Waals surface area (Å²) in [7, 11) is 1.45. The molecule has 11 heteroatoms. The number of carboxylic acid groups (broad SMARTS) is 1. The fourth-order valence-corrected chi connectivity index (χ4v) is 3.06. The minimum Gasteiger partial charge on any atom is -0.489 e. The van der Waals surface area contributed by atoms with Gasteiger partial charge >= 0.3 is 5.97 Å². The number of nitrogens with zero attached hydrogens (tertiary/aromatic N) is 1. The number of aliphatic carboxylic acids is 1. The van der Waals surface area contributed by atoms with Crippen LogP contribution in [0.4, 0.5) is 5.95 Å². The first-order valence-electron chi connectivity index (χ1n) is 10.0. The normalized spacial score (nSPS) is 11.5. The van der Waals surface area contributed by atoms with E-state index in [4.69, 9.17) is 10.5 Å². The molecule has 2 amide bonds. The van der Waals surface area contributed by atoms with Gasteiger partial charge in [-0.1, -0.05) is 6.07 Å². The molecule has 3 aromatic rings. The van der Waals surface area contributed by atoms with Crippen molar-refractivity contribution in [1.82, 2.24) is 20.6 Å². The average molecular weight is 453 g/mol. The molecule has 3 rings (SSSR count). The Balaban J connectivity index is 1.61. The number of ether oxygens (including phenoxy) is 1. The van der Waals surface area contributed by atoms with Gasteiger partial charge in [0.15, 0.2) is 0 Å². The second-order valence-electron chi connectivity index (χ2n) is 7.19. The number of benzene rings is 2. The number of anilines is 1. The van der Waals surface area contributed by atoms with Crippen molar-refractivity contribution in [2.45, 2.75) is 25.5 Å². The first-order chi connectivity index (χ1) is 15.8. The van der Waals surface area contributed by atoms with Crippen LogP contribution in [0.1, 0.15) is 28.8 Å². The number of fused-ring (bicyclic) bond motifs is 1. The molecule has 0 saturated heterocycles. The maximum atomic E-state index is 12.4. The fourth-order valence-electron chi connectivity index (χ4n) is 3.06. The van der Waals surface area contributed by atoms with E-state index >= 15 is 0 Å². The van der Waals surface area contributed by atoms with Crippen molar-refractivity contribution in [2.75, 3.05) is 12.8 Å². The number of rotatable bonds is 9. The molecule has 0 aliphatic rings. The maximum absolute atomic E-state index is 12.4. The van der Waals surface area contributed by atoms with Crippen LogP contribution in [0.5, 0.6) is 5.75 Å². The second-order valence-corrected chi connectivity index (χ2v) is 7.19. The number of hydrogen-bond donors (Lipinski definition) is 5. The summed E-state index contributed by atoms with van der Waals surface area (Å²) in [5.74, 6) is -1.59. The molecule has 0 radical (unpaired) electrons. The van der Waals surface area contributed by atoms with E-state index in [0.717, 1.165) is 5.56 Å². The molecule has 11 nitrogen and oxygen atoms in total. The second kappa shape index (κ2) is 10.3. The molecule has 1 atom stereocenters. The third kappa shape index (κ3) is 6.06. The number of carboxylic acids is 1. The zero-order valence-electron chi connectivity index (χ0n) is 17.8. The molecule has 33 heavy (non-hydrogen) atoms. The largest absolute Gasteiger partial charge is 0.489 e. The highest BCUT2D eigenvalue weighted by Gasteiger charge is 2.21. The third-order valence-corrected chi connectivity index (χ3v) is 4.85. The Bertz CT molecular complexity index is 1240. The molecule has 6 N–H and O–H groups in total. The van der Waals surface area contributed by atoms with Crippen LogP contribution in [0.15, 0.2) is 47.3 Å². The Morgan fingerprint density at radius 3 is 2.58 bits per heavy atom. The average Bonchev–Trinajstić information content (AvgIpc) is 2.80. The van der Waals surface area contributed by atoms with E-state index in [1.54, 1.807) is 30.3 Å². The van der Waals surface area contributed by atoms with E-state index in [1.807, 2.05) is 0 Å². The molecule has 2 aromatic carbocycles. The monoisotopic (exact) mass is 453 g/mol. The van der Waals surface area contributed by atoms with Crippen molar-refractivity contribution in [3.63, 3.8) is 0 Å². The molecule has 0 fully saturated rings. The first-order valence-corrected chi connectivity index (χ1v) is 10.0. The highest BCUT2D eigenvalue weighted by Crippen LogP contribution is 2.17. The molecule has 0 unspecified atom stereocenters. The molecule has 0 aliphatic carbocycles. The smallest absolute Gasteiger partial charge is 0.326 e. The lowest BCUT2D eigenvalue weighted by molar-refractivity contribution is -0.139. The number of carbonyl (C=O) groups excluding carboxylic acids is 2. The molecular weight excluding hydrogens is 430 g/mol. The van der Waals surface area contributed by atoms with Crippen LogP contribution in [0.25, 0.3) is 10.9 Å². The summed E-state index contributed by atoms with van der Waals surface area (Å²) in [4.78, 5) is 53.6. The Morgan fingerprint density at radius 1 is 1.18 bits per heavy atom. The fraction of sp³-hybridized carbons (Fsp3) is 0.227. The highest BCUT2D eigenvalue weighted by atomic mass is 16.5. The van der Waals surface area contributed by atoms with Gasteiger partial charge < -0.3 is 26.2 Å². The Hall–Kier alpha value is -4.41. The summed E-state index contributed by atoms with van der Waals surface area (Å²) in [5.41, 5.74) is 6.66. The van der Waals surface area contributed by atoms with Crippen molar-refractivity contribution in [3.05, 3.63) is 63.9 Å². The summed E-state index contributed by atoms with van der Waals surface area (Å²) < 4.78 is 5.71. The van der Waals surface area contributed by atoms with Crippen molar-refractivity contribution >= 4 is 34.6 Å². The van der Waals surface area contributed by atoms with Gasteiger partial charge in [-0.15, -0.1) is 0 Å².